The molecule has 1 saturated heterocycles. The van der Waals surface area contributed by atoms with Gasteiger partial charge in [0.1, 0.15) is 0 Å². The van der Waals surface area contributed by atoms with Crippen LogP contribution in [0.15, 0.2) is 30.3 Å². The second-order valence-electron chi connectivity index (χ2n) is 6.77. The average Bonchev–Trinajstić information content (AvgIpc) is 2.45. The Morgan fingerprint density at radius 1 is 1.33 bits per heavy atom. The number of aliphatic hydroxyl groups is 1. The molecule has 1 fully saturated rings. The van der Waals surface area contributed by atoms with Gasteiger partial charge in [-0.2, -0.15) is 13.2 Å². The highest BCUT2D eigenvalue weighted by molar-refractivity contribution is 5.77. The minimum Gasteiger partial charge on any atom is -0.376 e. The molecule has 0 spiro atoms. The Morgan fingerprint density at radius 2 is 1.96 bits per heavy atom. The third-order valence-electron chi connectivity index (χ3n) is 4.20. The van der Waals surface area contributed by atoms with Gasteiger partial charge in [-0.3, -0.25) is 4.79 Å². The lowest BCUT2D eigenvalue weighted by Gasteiger charge is -2.36. The minimum atomic E-state index is -4.96. The molecule has 1 aliphatic heterocycles. The fraction of sp³-hybridized carbons (Fsp3) is 0.588. The number of hydrogen-bond donors (Lipinski definition) is 2. The van der Waals surface area contributed by atoms with Crippen molar-refractivity contribution in [3.8, 4) is 0 Å². The van der Waals surface area contributed by atoms with Crippen molar-refractivity contribution in [2.75, 3.05) is 6.61 Å². The zero-order valence-electron chi connectivity index (χ0n) is 13.7. The van der Waals surface area contributed by atoms with Crippen molar-refractivity contribution in [1.29, 1.82) is 0 Å². The molecule has 1 aromatic rings. The van der Waals surface area contributed by atoms with Crippen LogP contribution >= 0.6 is 0 Å². The van der Waals surface area contributed by atoms with E-state index < -0.39 is 29.7 Å². The number of carbonyl (C=O) groups excluding carboxylic acids is 1. The first-order valence-electron chi connectivity index (χ1n) is 7.81. The molecule has 0 aromatic heterocycles. The fourth-order valence-corrected chi connectivity index (χ4v) is 2.95. The van der Waals surface area contributed by atoms with Gasteiger partial charge in [0.05, 0.1) is 12.0 Å². The molecular weight excluding hydrogens is 323 g/mol. The van der Waals surface area contributed by atoms with E-state index in [1.54, 1.807) is 6.07 Å². The van der Waals surface area contributed by atoms with Crippen LogP contribution in [0.1, 0.15) is 38.7 Å². The van der Waals surface area contributed by atoms with Gasteiger partial charge in [0.25, 0.3) is 0 Å². The second kappa shape index (κ2) is 6.72. The maximum Gasteiger partial charge on any atom is 0.421 e. The van der Waals surface area contributed by atoms with Crippen LogP contribution in [0.2, 0.25) is 0 Å². The summed E-state index contributed by atoms with van der Waals surface area (Å²) in [5, 5.41) is 12.8. The summed E-state index contributed by atoms with van der Waals surface area (Å²) < 4.78 is 45.7. The Morgan fingerprint density at radius 3 is 2.50 bits per heavy atom. The summed E-state index contributed by atoms with van der Waals surface area (Å²) >= 11 is 0. The number of ether oxygens (including phenoxy) is 1. The van der Waals surface area contributed by atoms with Crippen LogP contribution in [0.25, 0.3) is 0 Å². The van der Waals surface area contributed by atoms with Crippen LogP contribution in [-0.4, -0.2) is 35.4 Å². The average molecular weight is 345 g/mol. The van der Waals surface area contributed by atoms with E-state index in [-0.39, 0.29) is 11.6 Å². The SMILES string of the molecule is CC1(C)C[C@H](NC(=O)C[C@@](O)(c2ccccc2)C(F)(F)F)CCO1. The van der Waals surface area contributed by atoms with Gasteiger partial charge in [-0.25, -0.2) is 0 Å². The van der Waals surface area contributed by atoms with Crippen LogP contribution < -0.4 is 5.32 Å². The zero-order valence-corrected chi connectivity index (χ0v) is 13.7. The van der Waals surface area contributed by atoms with Crippen LogP contribution in [0.3, 0.4) is 0 Å². The molecule has 1 amide bonds. The molecule has 1 aliphatic rings. The van der Waals surface area contributed by atoms with Gasteiger partial charge in [-0.15, -0.1) is 0 Å². The van der Waals surface area contributed by atoms with Crippen molar-refractivity contribution in [2.24, 2.45) is 0 Å². The molecule has 134 valence electrons. The second-order valence-corrected chi connectivity index (χ2v) is 6.77. The molecule has 1 aromatic carbocycles. The van der Waals surface area contributed by atoms with E-state index in [9.17, 15) is 23.1 Å². The summed E-state index contributed by atoms with van der Waals surface area (Å²) in [7, 11) is 0. The maximum absolute atomic E-state index is 13.4. The lowest BCUT2D eigenvalue weighted by atomic mass is 9.88. The highest BCUT2D eigenvalue weighted by atomic mass is 19.4. The van der Waals surface area contributed by atoms with Gasteiger partial charge in [0, 0.05) is 12.6 Å². The van der Waals surface area contributed by atoms with Gasteiger partial charge >= 0.3 is 6.18 Å². The molecule has 2 rings (SSSR count). The molecule has 24 heavy (non-hydrogen) atoms. The standard InChI is InChI=1S/C17H22F3NO3/c1-15(2)10-13(8-9-24-15)21-14(22)11-16(23,17(18,19)20)12-6-4-3-5-7-12/h3-7,13,23H,8-11H2,1-2H3,(H,21,22)/t13-,16-/m1/s1. The predicted octanol–water partition coefficient (Wildman–Crippen LogP) is 2.90. The number of nitrogens with one attached hydrogen (secondary N) is 1. The van der Waals surface area contributed by atoms with Crippen LogP contribution in [0, 0.1) is 0 Å². The molecule has 2 atom stereocenters. The summed E-state index contributed by atoms with van der Waals surface area (Å²) in [6.07, 6.45) is -4.99. The van der Waals surface area contributed by atoms with E-state index in [2.05, 4.69) is 5.32 Å². The first kappa shape index (κ1) is 18.7. The Balaban J connectivity index is 2.11. The first-order chi connectivity index (χ1) is 11.0. The number of alkyl halides is 3. The lowest BCUT2D eigenvalue weighted by Crippen LogP contribution is -2.50. The topological polar surface area (TPSA) is 58.6 Å². The van der Waals surface area contributed by atoms with Crippen molar-refractivity contribution in [1.82, 2.24) is 5.32 Å². The molecule has 7 heteroatoms. The normalized spacial score (nSPS) is 23.3. The lowest BCUT2D eigenvalue weighted by molar-refractivity contribution is -0.267. The quantitative estimate of drug-likeness (QED) is 0.882. The van der Waals surface area contributed by atoms with Gasteiger partial charge in [0.2, 0.25) is 5.91 Å². The number of rotatable bonds is 4. The van der Waals surface area contributed by atoms with E-state index in [4.69, 9.17) is 4.74 Å². The largest absolute Gasteiger partial charge is 0.421 e. The Kier molecular flexibility index (Phi) is 5.25. The number of halogens is 3. The highest BCUT2D eigenvalue weighted by Gasteiger charge is 2.56. The van der Waals surface area contributed by atoms with E-state index in [0.717, 1.165) is 0 Å². The van der Waals surface area contributed by atoms with E-state index in [1.807, 2.05) is 13.8 Å². The predicted molar refractivity (Wildman–Crippen MR) is 82.2 cm³/mol. The van der Waals surface area contributed by atoms with E-state index >= 15 is 0 Å². The maximum atomic E-state index is 13.4. The summed E-state index contributed by atoms with van der Waals surface area (Å²) in [6, 6.07) is 6.39. The minimum absolute atomic E-state index is 0.269. The monoisotopic (exact) mass is 345 g/mol. The molecule has 0 saturated carbocycles. The fourth-order valence-electron chi connectivity index (χ4n) is 2.95. The number of hydrogen-bond acceptors (Lipinski definition) is 3. The molecule has 0 unspecified atom stereocenters. The zero-order chi connectivity index (χ0) is 18.0. The summed E-state index contributed by atoms with van der Waals surface area (Å²) in [5.41, 5.74) is -3.99. The Hall–Kier alpha value is -1.60. The van der Waals surface area contributed by atoms with Crippen molar-refractivity contribution < 1.29 is 27.8 Å². The summed E-state index contributed by atoms with van der Waals surface area (Å²) in [6.45, 7) is 4.16. The van der Waals surface area contributed by atoms with Crippen molar-refractivity contribution in [3.05, 3.63) is 35.9 Å². The third kappa shape index (κ3) is 4.27. The molecule has 2 N–H and O–H groups in total. The van der Waals surface area contributed by atoms with Crippen molar-refractivity contribution >= 4 is 5.91 Å². The van der Waals surface area contributed by atoms with Gasteiger partial charge < -0.3 is 15.2 Å². The van der Waals surface area contributed by atoms with E-state index in [1.165, 1.54) is 24.3 Å². The Bertz CT molecular complexity index is 574. The molecule has 0 radical (unpaired) electrons. The smallest absolute Gasteiger partial charge is 0.376 e. The van der Waals surface area contributed by atoms with Gasteiger partial charge in [0.15, 0.2) is 5.60 Å². The first-order valence-corrected chi connectivity index (χ1v) is 7.81. The number of amides is 1. The molecule has 0 bridgehead atoms. The molecular formula is C17H22F3NO3. The Labute approximate surface area is 139 Å². The molecule has 0 aliphatic carbocycles. The summed E-state index contributed by atoms with van der Waals surface area (Å²) in [4.78, 5) is 12.1. The van der Waals surface area contributed by atoms with Gasteiger partial charge in [-0.05, 0) is 32.3 Å². The number of benzene rings is 1. The van der Waals surface area contributed by atoms with Crippen LogP contribution in [-0.2, 0) is 15.1 Å². The molecule has 1 heterocycles. The number of carbonyl (C=O) groups is 1. The van der Waals surface area contributed by atoms with Crippen LogP contribution in [0.4, 0.5) is 13.2 Å². The third-order valence-corrected chi connectivity index (χ3v) is 4.20. The van der Waals surface area contributed by atoms with Crippen molar-refractivity contribution in [3.63, 3.8) is 0 Å². The summed E-state index contributed by atoms with van der Waals surface area (Å²) in [5.74, 6) is -0.832. The van der Waals surface area contributed by atoms with Crippen LogP contribution in [0.5, 0.6) is 0 Å². The van der Waals surface area contributed by atoms with E-state index in [0.29, 0.717) is 19.4 Å². The van der Waals surface area contributed by atoms with Gasteiger partial charge in [-0.1, -0.05) is 30.3 Å². The highest BCUT2D eigenvalue weighted by Crippen LogP contribution is 2.41. The molecule has 4 nitrogen and oxygen atoms in total. The van der Waals surface area contributed by atoms with Crippen molar-refractivity contribution in [2.45, 2.75) is 56.5 Å².